The van der Waals surface area contributed by atoms with Crippen LogP contribution in [0.25, 0.3) is 22.5 Å². The summed E-state index contributed by atoms with van der Waals surface area (Å²) in [6, 6.07) is 24.1. The van der Waals surface area contributed by atoms with E-state index in [0.29, 0.717) is 52.9 Å². The van der Waals surface area contributed by atoms with Crippen LogP contribution < -0.4 is 9.47 Å². The summed E-state index contributed by atoms with van der Waals surface area (Å²) in [7, 11) is 0. The molecule has 0 bridgehead atoms. The highest BCUT2D eigenvalue weighted by Gasteiger charge is 2.29. The molecule has 0 N–H and O–H groups in total. The maximum absolute atomic E-state index is 11.1. The molecule has 1 aliphatic heterocycles. The number of hydrogen-bond acceptors (Lipinski definition) is 12. The van der Waals surface area contributed by atoms with Gasteiger partial charge in [0, 0.05) is 23.3 Å². The van der Waals surface area contributed by atoms with E-state index >= 15 is 0 Å². The molecule has 0 radical (unpaired) electrons. The lowest BCUT2D eigenvalue weighted by atomic mass is 10.1. The van der Waals surface area contributed by atoms with Gasteiger partial charge in [-0.05, 0) is 61.1 Å². The van der Waals surface area contributed by atoms with Crippen LogP contribution in [0.1, 0.15) is 88.2 Å². The van der Waals surface area contributed by atoms with E-state index in [1.165, 1.54) is 12.2 Å². The number of hydrogen-bond donors (Lipinski definition) is 0. The Morgan fingerprint density at radius 3 is 1.24 bits per heavy atom. The predicted octanol–water partition coefficient (Wildman–Crippen LogP) is 10.1. The van der Waals surface area contributed by atoms with Gasteiger partial charge in [-0.3, -0.25) is 9.97 Å². The molecule has 3 heterocycles. The number of carbonyl (C=O) groups is 2. The van der Waals surface area contributed by atoms with E-state index in [2.05, 4.69) is 23.1 Å². The first-order chi connectivity index (χ1) is 30.5. The van der Waals surface area contributed by atoms with Crippen molar-refractivity contribution in [3.63, 3.8) is 0 Å². The Kier molecular flexibility index (Phi) is 21.7. The van der Waals surface area contributed by atoms with Crippen LogP contribution in [0.5, 0.6) is 11.5 Å². The van der Waals surface area contributed by atoms with Crippen molar-refractivity contribution in [2.45, 2.75) is 103 Å². The van der Waals surface area contributed by atoms with Crippen molar-refractivity contribution < 1.29 is 47.5 Å². The molecule has 1 fully saturated rings. The number of unbranched alkanes of at least 4 members (excludes halogenated alkanes) is 10. The zero-order chi connectivity index (χ0) is 43.5. The number of aromatic nitrogens is 2. The van der Waals surface area contributed by atoms with Crippen molar-refractivity contribution in [3.8, 4) is 34.0 Å². The number of carbonyl (C=O) groups excluding carboxylic acids is 2. The average molecular weight is 851 g/mol. The molecule has 62 heavy (non-hydrogen) atoms. The van der Waals surface area contributed by atoms with Crippen LogP contribution in [0.2, 0.25) is 0 Å². The van der Waals surface area contributed by atoms with Crippen LogP contribution in [-0.2, 0) is 51.2 Å². The second-order valence-corrected chi connectivity index (χ2v) is 14.9. The van der Waals surface area contributed by atoms with Crippen molar-refractivity contribution in [2.24, 2.45) is 0 Å². The van der Waals surface area contributed by atoms with Crippen LogP contribution >= 0.6 is 0 Å². The first-order valence-electron chi connectivity index (χ1n) is 21.9. The van der Waals surface area contributed by atoms with Crippen molar-refractivity contribution in [1.29, 1.82) is 0 Å². The summed E-state index contributed by atoms with van der Waals surface area (Å²) >= 11 is 0. The Morgan fingerprint density at radius 2 is 0.887 bits per heavy atom. The molecule has 4 aromatic rings. The predicted molar refractivity (Wildman–Crippen MR) is 237 cm³/mol. The fourth-order valence-electron chi connectivity index (χ4n) is 6.58. The van der Waals surface area contributed by atoms with Crippen LogP contribution in [0.3, 0.4) is 0 Å². The highest BCUT2D eigenvalue weighted by Crippen LogP contribution is 2.24. The van der Waals surface area contributed by atoms with Crippen LogP contribution in [0.15, 0.2) is 111 Å². The Balaban J connectivity index is 0.943. The molecule has 5 rings (SSSR count). The van der Waals surface area contributed by atoms with Crippen LogP contribution in [-0.4, -0.2) is 74.1 Å². The summed E-state index contributed by atoms with van der Waals surface area (Å²) in [6.45, 7) is 10.5. The van der Waals surface area contributed by atoms with Crippen LogP contribution in [0.4, 0.5) is 0 Å². The van der Waals surface area contributed by atoms with Gasteiger partial charge < -0.3 is 37.9 Å². The number of benzene rings is 2. The van der Waals surface area contributed by atoms with Gasteiger partial charge in [0.15, 0.2) is 0 Å². The normalized spacial score (nSPS) is 14.8. The van der Waals surface area contributed by atoms with E-state index in [0.717, 1.165) is 122 Å². The van der Waals surface area contributed by atoms with Crippen molar-refractivity contribution in [2.75, 3.05) is 39.6 Å². The Hall–Kier alpha value is -5.40. The van der Waals surface area contributed by atoms with Gasteiger partial charge in [-0.25, -0.2) is 9.59 Å². The van der Waals surface area contributed by atoms with Crippen molar-refractivity contribution in [3.05, 3.63) is 122 Å². The van der Waals surface area contributed by atoms with E-state index in [9.17, 15) is 9.59 Å². The Morgan fingerprint density at radius 1 is 0.516 bits per heavy atom. The molecule has 0 saturated carbocycles. The van der Waals surface area contributed by atoms with Gasteiger partial charge in [0.05, 0.1) is 76.6 Å². The largest absolute Gasteiger partial charge is 0.492 e. The van der Waals surface area contributed by atoms with Gasteiger partial charge in [0.1, 0.15) is 11.5 Å². The van der Waals surface area contributed by atoms with E-state index < -0.39 is 12.6 Å². The summed E-state index contributed by atoms with van der Waals surface area (Å²) in [5, 5.41) is 0. The summed E-state index contributed by atoms with van der Waals surface area (Å²) in [6.07, 6.45) is 17.1. The van der Waals surface area contributed by atoms with Crippen molar-refractivity contribution in [1.82, 2.24) is 9.97 Å². The third-order valence-electron chi connectivity index (χ3n) is 10.1. The zero-order valence-corrected chi connectivity index (χ0v) is 35.9. The van der Waals surface area contributed by atoms with Crippen molar-refractivity contribution >= 4 is 11.9 Å². The van der Waals surface area contributed by atoms with Gasteiger partial charge in [-0.1, -0.05) is 113 Å². The summed E-state index contributed by atoms with van der Waals surface area (Å²) in [4.78, 5) is 31.3. The number of nitrogens with zero attached hydrogens (tertiary/aromatic N) is 2. The molecule has 2 aromatic carbocycles. The molecule has 1 aliphatic rings. The molecular weight excluding hydrogens is 789 g/mol. The monoisotopic (exact) mass is 850 g/mol. The van der Waals surface area contributed by atoms with Gasteiger partial charge in [0.25, 0.3) is 0 Å². The molecule has 0 amide bonds. The quantitative estimate of drug-likeness (QED) is 0.0281. The minimum Gasteiger partial charge on any atom is -0.492 e. The standard InChI is InChI=1S/C50H62N2O10/c1-3-47(53)57-31-15-11-7-5-9-13-29-55-43-25-27-45(51-35-43)41-21-17-39(18-22-41)37-61-49-50(60-34-33-59-49)62-38-40-19-23-42(24-20-40)46-28-26-44(36-52-46)56-30-14-10-6-8-12-16-32-58-48(54)4-2/h3-4,17-28,35-36,49-50H,1-2,5-16,29-34,37-38H2/t49-,50-/m1/s1. The van der Waals surface area contributed by atoms with Gasteiger partial charge in [-0.2, -0.15) is 0 Å². The molecule has 0 spiro atoms. The van der Waals surface area contributed by atoms with E-state index in [4.69, 9.17) is 37.9 Å². The van der Waals surface area contributed by atoms with E-state index in [1.807, 2.05) is 72.8 Å². The number of esters is 2. The molecule has 0 aliphatic carbocycles. The van der Waals surface area contributed by atoms with Gasteiger partial charge in [-0.15, -0.1) is 0 Å². The highest BCUT2D eigenvalue weighted by atomic mass is 16.8. The lowest BCUT2D eigenvalue weighted by molar-refractivity contribution is -0.326. The molecule has 2 aromatic heterocycles. The molecule has 12 heteroatoms. The fourth-order valence-corrected chi connectivity index (χ4v) is 6.58. The van der Waals surface area contributed by atoms with E-state index in [1.54, 1.807) is 12.4 Å². The minimum absolute atomic E-state index is 0.338. The highest BCUT2D eigenvalue weighted by molar-refractivity contribution is 5.81. The van der Waals surface area contributed by atoms with Crippen LogP contribution in [0, 0.1) is 0 Å². The second-order valence-electron chi connectivity index (χ2n) is 14.9. The maximum Gasteiger partial charge on any atom is 0.330 e. The van der Waals surface area contributed by atoms with Gasteiger partial charge in [0.2, 0.25) is 12.6 Å². The lowest BCUT2D eigenvalue weighted by Crippen LogP contribution is -2.41. The first-order valence-corrected chi connectivity index (χ1v) is 21.9. The second kappa shape index (κ2) is 28.2. The Bertz CT molecular complexity index is 1750. The number of pyridine rings is 2. The third kappa shape index (κ3) is 17.9. The maximum atomic E-state index is 11.1. The fraction of sp³-hybridized carbons (Fsp3) is 0.440. The van der Waals surface area contributed by atoms with Gasteiger partial charge >= 0.3 is 11.9 Å². The number of rotatable bonds is 30. The molecule has 332 valence electrons. The molecular formula is C50H62N2O10. The smallest absolute Gasteiger partial charge is 0.330 e. The SMILES string of the molecule is C=CC(=O)OCCCCCCCCOc1ccc(-c2ccc(CO[C@H]3OCCO[C@@H]3OCc3ccc(-c4ccc(OCCCCCCCCOC(=O)C=C)cn4)cc3)cc2)nc1. The first kappa shape index (κ1) is 47.6. The summed E-state index contributed by atoms with van der Waals surface area (Å²) in [5.41, 5.74) is 5.71. The molecule has 1 saturated heterocycles. The minimum atomic E-state index is -0.658. The summed E-state index contributed by atoms with van der Waals surface area (Å²) in [5.74, 6) is 0.793. The molecule has 0 unspecified atom stereocenters. The molecule has 12 nitrogen and oxygen atoms in total. The topological polar surface area (TPSA) is 134 Å². The zero-order valence-electron chi connectivity index (χ0n) is 35.9. The summed E-state index contributed by atoms with van der Waals surface area (Å²) < 4.78 is 45.8. The number of ether oxygens (including phenoxy) is 8. The van der Waals surface area contributed by atoms with E-state index in [-0.39, 0.29) is 11.9 Å². The lowest BCUT2D eigenvalue weighted by Gasteiger charge is -2.31. The average Bonchev–Trinajstić information content (AvgIpc) is 3.32. The molecule has 2 atom stereocenters. The third-order valence-corrected chi connectivity index (χ3v) is 10.1. The Labute approximate surface area is 366 Å².